The molecule has 0 aliphatic heterocycles. The van der Waals surface area contributed by atoms with E-state index in [4.69, 9.17) is 5.11 Å². The van der Waals surface area contributed by atoms with Crippen molar-refractivity contribution in [3.63, 3.8) is 0 Å². The van der Waals surface area contributed by atoms with E-state index in [0.29, 0.717) is 17.8 Å². The molecule has 3 aromatic rings. The molecule has 0 saturated carbocycles. The number of hydrogen-bond acceptors (Lipinski definition) is 5. The molecule has 2 N–H and O–H groups in total. The second kappa shape index (κ2) is 5.81. The number of nitrogens with zero attached hydrogens (tertiary/aromatic N) is 3. The Kier molecular flexibility index (Phi) is 3.83. The normalized spacial score (nSPS) is 11.1. The summed E-state index contributed by atoms with van der Waals surface area (Å²) in [5, 5.41) is 24.1. The summed E-state index contributed by atoms with van der Waals surface area (Å²) in [5.41, 5.74) is 2.91. The number of hydrogen-bond donors (Lipinski definition) is 2. The van der Waals surface area contributed by atoms with Crippen LogP contribution in [-0.4, -0.2) is 37.4 Å². The molecule has 0 unspecified atom stereocenters. The smallest absolute Gasteiger partial charge is 0.198 e. The zero-order valence-electron chi connectivity index (χ0n) is 12.9. The monoisotopic (exact) mass is 311 g/mol. The van der Waals surface area contributed by atoms with Gasteiger partial charge in [0.05, 0.1) is 24.4 Å². The Labute approximate surface area is 133 Å². The molecule has 23 heavy (non-hydrogen) atoms. The fraction of sp³-hybridized carbons (Fsp3) is 0.235. The Hall–Kier alpha value is -2.73. The summed E-state index contributed by atoms with van der Waals surface area (Å²) >= 11 is 0. The zero-order chi connectivity index (χ0) is 16.6. The molecule has 3 rings (SSSR count). The first-order valence-electron chi connectivity index (χ1n) is 7.29. The standard InChI is InChI=1S/C17H17N3O3/c1-10-3-4-15(22)14(7-10)16(23)12-8-13-11(2)19-20(5-6-21)17(13)18-9-12/h3-4,7-9,21-22H,5-6H2,1-2H3. The third kappa shape index (κ3) is 2.68. The van der Waals surface area contributed by atoms with Gasteiger partial charge in [-0.15, -0.1) is 0 Å². The maximum atomic E-state index is 12.6. The van der Waals surface area contributed by atoms with Crippen molar-refractivity contribution in [3.05, 3.63) is 52.8 Å². The molecule has 0 aliphatic carbocycles. The SMILES string of the molecule is Cc1ccc(O)c(C(=O)c2cnc3c(c2)c(C)nn3CCO)c1. The highest BCUT2D eigenvalue weighted by molar-refractivity contribution is 6.11. The first-order chi connectivity index (χ1) is 11.0. The number of aliphatic hydroxyl groups is 1. The quantitative estimate of drug-likeness (QED) is 0.719. The number of carbonyl (C=O) groups is 1. The predicted octanol–water partition coefficient (Wildman–Crippen LogP) is 1.98. The van der Waals surface area contributed by atoms with E-state index >= 15 is 0 Å². The highest BCUT2D eigenvalue weighted by atomic mass is 16.3. The second-order valence-electron chi connectivity index (χ2n) is 5.48. The van der Waals surface area contributed by atoms with Crippen molar-refractivity contribution in [2.75, 3.05) is 6.61 Å². The van der Waals surface area contributed by atoms with E-state index in [-0.39, 0.29) is 23.7 Å². The maximum absolute atomic E-state index is 12.6. The highest BCUT2D eigenvalue weighted by Crippen LogP contribution is 2.24. The number of benzene rings is 1. The number of aromatic nitrogens is 3. The summed E-state index contributed by atoms with van der Waals surface area (Å²) in [6, 6.07) is 6.64. The fourth-order valence-corrected chi connectivity index (χ4v) is 2.57. The van der Waals surface area contributed by atoms with Gasteiger partial charge in [0.2, 0.25) is 0 Å². The van der Waals surface area contributed by atoms with Crippen LogP contribution in [0.15, 0.2) is 30.5 Å². The number of phenols is 1. The maximum Gasteiger partial charge on any atom is 0.198 e. The lowest BCUT2D eigenvalue weighted by Gasteiger charge is -2.06. The molecule has 1 aromatic carbocycles. The molecule has 2 heterocycles. The van der Waals surface area contributed by atoms with Crippen LogP contribution in [0.4, 0.5) is 0 Å². The Morgan fingerprint density at radius 2 is 2.04 bits per heavy atom. The minimum absolute atomic E-state index is 0.0320. The van der Waals surface area contributed by atoms with Crippen LogP contribution in [0.5, 0.6) is 5.75 Å². The molecule has 0 bridgehead atoms. The third-order valence-corrected chi connectivity index (χ3v) is 3.74. The van der Waals surface area contributed by atoms with Gasteiger partial charge in [-0.25, -0.2) is 9.67 Å². The minimum atomic E-state index is -0.282. The summed E-state index contributed by atoms with van der Waals surface area (Å²) in [4.78, 5) is 16.9. The molecule has 6 nitrogen and oxygen atoms in total. The predicted molar refractivity (Wildman–Crippen MR) is 85.6 cm³/mol. The molecule has 118 valence electrons. The first kappa shape index (κ1) is 15.2. The van der Waals surface area contributed by atoms with Crippen molar-refractivity contribution in [1.82, 2.24) is 14.8 Å². The van der Waals surface area contributed by atoms with E-state index < -0.39 is 0 Å². The Morgan fingerprint density at radius 1 is 1.26 bits per heavy atom. The topological polar surface area (TPSA) is 88.2 Å². The van der Waals surface area contributed by atoms with E-state index in [9.17, 15) is 9.90 Å². The number of rotatable bonds is 4. The molecule has 6 heteroatoms. The zero-order valence-corrected chi connectivity index (χ0v) is 12.9. The summed E-state index contributed by atoms with van der Waals surface area (Å²) in [7, 11) is 0. The van der Waals surface area contributed by atoms with Gasteiger partial charge in [-0.1, -0.05) is 11.6 Å². The van der Waals surface area contributed by atoms with Crippen molar-refractivity contribution < 1.29 is 15.0 Å². The summed E-state index contributed by atoms with van der Waals surface area (Å²) in [6.45, 7) is 4.01. The van der Waals surface area contributed by atoms with Crippen LogP contribution in [-0.2, 0) is 6.54 Å². The lowest BCUT2D eigenvalue weighted by molar-refractivity contribution is 0.103. The van der Waals surface area contributed by atoms with Crippen LogP contribution < -0.4 is 0 Å². The number of aryl methyl sites for hydroxylation is 2. The highest BCUT2D eigenvalue weighted by Gasteiger charge is 2.17. The van der Waals surface area contributed by atoms with Crippen LogP contribution in [0.3, 0.4) is 0 Å². The molecular weight excluding hydrogens is 294 g/mol. The first-order valence-corrected chi connectivity index (χ1v) is 7.29. The van der Waals surface area contributed by atoms with Crippen LogP contribution in [0.2, 0.25) is 0 Å². The molecule has 2 aromatic heterocycles. The molecule has 0 atom stereocenters. The van der Waals surface area contributed by atoms with Gasteiger partial charge in [0, 0.05) is 17.1 Å². The van der Waals surface area contributed by atoms with Crippen molar-refractivity contribution in [2.24, 2.45) is 0 Å². The van der Waals surface area contributed by atoms with Gasteiger partial charge in [0.25, 0.3) is 0 Å². The number of carbonyl (C=O) groups excluding carboxylic acids is 1. The average Bonchev–Trinajstić information content (AvgIpc) is 2.85. The van der Waals surface area contributed by atoms with Gasteiger partial charge in [0.15, 0.2) is 11.4 Å². The van der Waals surface area contributed by atoms with Crippen molar-refractivity contribution in [2.45, 2.75) is 20.4 Å². The van der Waals surface area contributed by atoms with Gasteiger partial charge in [-0.05, 0) is 32.0 Å². The lowest BCUT2D eigenvalue weighted by Crippen LogP contribution is -2.06. The van der Waals surface area contributed by atoms with Crippen molar-refractivity contribution >= 4 is 16.8 Å². The molecule has 0 fully saturated rings. The van der Waals surface area contributed by atoms with Crippen molar-refractivity contribution in [3.8, 4) is 5.75 Å². The van der Waals surface area contributed by atoms with Crippen LogP contribution in [0.25, 0.3) is 11.0 Å². The number of aliphatic hydroxyl groups excluding tert-OH is 1. The number of fused-ring (bicyclic) bond motifs is 1. The largest absolute Gasteiger partial charge is 0.507 e. The van der Waals surface area contributed by atoms with E-state index in [1.54, 1.807) is 22.9 Å². The molecule has 0 radical (unpaired) electrons. The van der Waals surface area contributed by atoms with E-state index in [0.717, 1.165) is 16.6 Å². The van der Waals surface area contributed by atoms with Gasteiger partial charge >= 0.3 is 0 Å². The van der Waals surface area contributed by atoms with Crippen molar-refractivity contribution in [1.29, 1.82) is 0 Å². The summed E-state index contributed by atoms with van der Waals surface area (Å²) in [6.07, 6.45) is 1.47. The minimum Gasteiger partial charge on any atom is -0.507 e. The van der Waals surface area contributed by atoms with Gasteiger partial charge in [-0.2, -0.15) is 5.10 Å². The third-order valence-electron chi connectivity index (χ3n) is 3.74. The molecule has 0 amide bonds. The number of phenolic OH excluding ortho intramolecular Hbond substituents is 1. The van der Waals surface area contributed by atoms with Crippen LogP contribution in [0, 0.1) is 13.8 Å². The van der Waals surface area contributed by atoms with Gasteiger partial charge < -0.3 is 10.2 Å². The molecule has 0 saturated heterocycles. The average molecular weight is 311 g/mol. The molecule has 0 aliphatic rings. The summed E-state index contributed by atoms with van der Waals surface area (Å²) < 4.78 is 1.61. The van der Waals surface area contributed by atoms with Gasteiger partial charge in [0.1, 0.15) is 5.75 Å². The fourth-order valence-electron chi connectivity index (χ4n) is 2.57. The number of ketones is 1. The Balaban J connectivity index is 2.08. The Bertz CT molecular complexity index is 899. The molecular formula is C17H17N3O3. The summed E-state index contributed by atoms with van der Waals surface area (Å²) in [5.74, 6) is -0.330. The van der Waals surface area contributed by atoms with Crippen LogP contribution >= 0.6 is 0 Å². The second-order valence-corrected chi connectivity index (χ2v) is 5.48. The van der Waals surface area contributed by atoms with Gasteiger partial charge in [-0.3, -0.25) is 4.79 Å². The lowest BCUT2D eigenvalue weighted by atomic mass is 10.0. The van der Waals surface area contributed by atoms with E-state index in [1.807, 2.05) is 13.8 Å². The number of pyridine rings is 1. The van der Waals surface area contributed by atoms with Crippen LogP contribution in [0.1, 0.15) is 27.2 Å². The van der Waals surface area contributed by atoms with E-state index in [1.165, 1.54) is 12.3 Å². The Morgan fingerprint density at radius 3 is 2.78 bits per heavy atom. The molecule has 0 spiro atoms. The number of aromatic hydroxyl groups is 1. The van der Waals surface area contributed by atoms with E-state index in [2.05, 4.69) is 10.1 Å².